The molecule has 0 aliphatic heterocycles. The normalized spacial score (nSPS) is 14.1. The Labute approximate surface area is 100 Å². The van der Waals surface area contributed by atoms with Crippen LogP contribution in [0.3, 0.4) is 0 Å². The summed E-state index contributed by atoms with van der Waals surface area (Å²) < 4.78 is 5.20. The quantitative estimate of drug-likeness (QED) is 0.870. The predicted octanol–water partition coefficient (Wildman–Crippen LogP) is 1.71. The van der Waals surface area contributed by atoms with E-state index in [0.717, 1.165) is 5.56 Å². The van der Waals surface area contributed by atoms with Gasteiger partial charge in [0.25, 0.3) is 0 Å². The zero-order chi connectivity index (χ0) is 12.3. The first-order valence-electron chi connectivity index (χ1n) is 5.36. The van der Waals surface area contributed by atoms with E-state index in [1.807, 2.05) is 37.3 Å². The predicted molar refractivity (Wildman–Crippen MR) is 65.7 cm³/mol. The highest BCUT2D eigenvalue weighted by Crippen LogP contribution is 2.29. The summed E-state index contributed by atoms with van der Waals surface area (Å²) in [5, 5.41) is 0. The van der Waals surface area contributed by atoms with Crippen molar-refractivity contribution < 1.29 is 4.74 Å². The maximum absolute atomic E-state index is 6.35. The first kappa shape index (κ1) is 11.5. The van der Waals surface area contributed by atoms with Gasteiger partial charge in [0.05, 0.1) is 12.6 Å². The second kappa shape index (κ2) is 4.51. The van der Waals surface area contributed by atoms with Crippen LogP contribution in [0, 0.1) is 0 Å². The molecule has 4 nitrogen and oxygen atoms in total. The fraction of sp³-hybridized carbons (Fsp3) is 0.231. The monoisotopic (exact) mass is 229 g/mol. The number of hydrogen-bond donors (Lipinski definition) is 1. The number of ether oxygens (including phenoxy) is 1. The van der Waals surface area contributed by atoms with E-state index < -0.39 is 5.54 Å². The van der Waals surface area contributed by atoms with E-state index in [2.05, 4.69) is 9.97 Å². The van der Waals surface area contributed by atoms with E-state index in [4.69, 9.17) is 10.5 Å². The topological polar surface area (TPSA) is 61.0 Å². The van der Waals surface area contributed by atoms with E-state index in [-0.39, 0.29) is 0 Å². The highest BCUT2D eigenvalue weighted by Gasteiger charge is 2.29. The van der Waals surface area contributed by atoms with Gasteiger partial charge in [-0.25, -0.2) is 4.98 Å². The second-order valence-electron chi connectivity index (χ2n) is 3.98. The minimum Gasteiger partial charge on any atom is -0.480 e. The zero-order valence-corrected chi connectivity index (χ0v) is 9.92. The molecule has 1 unspecified atom stereocenters. The largest absolute Gasteiger partial charge is 0.480 e. The van der Waals surface area contributed by atoms with E-state index in [0.29, 0.717) is 11.6 Å². The van der Waals surface area contributed by atoms with Gasteiger partial charge in [-0.05, 0) is 12.5 Å². The minimum atomic E-state index is -0.721. The van der Waals surface area contributed by atoms with Gasteiger partial charge in [0.1, 0.15) is 5.69 Å². The summed E-state index contributed by atoms with van der Waals surface area (Å²) in [4.78, 5) is 8.41. The molecule has 0 bridgehead atoms. The maximum Gasteiger partial charge on any atom is 0.237 e. The molecular weight excluding hydrogens is 214 g/mol. The Bertz CT molecular complexity index is 497. The summed E-state index contributed by atoms with van der Waals surface area (Å²) in [7, 11) is 1.56. The lowest BCUT2D eigenvalue weighted by atomic mass is 9.90. The molecule has 1 aromatic carbocycles. The van der Waals surface area contributed by atoms with Crippen LogP contribution in [0.1, 0.15) is 18.2 Å². The van der Waals surface area contributed by atoms with Crippen molar-refractivity contribution in [3.8, 4) is 5.88 Å². The third-order valence-electron chi connectivity index (χ3n) is 2.72. The van der Waals surface area contributed by atoms with E-state index >= 15 is 0 Å². The van der Waals surface area contributed by atoms with Crippen LogP contribution < -0.4 is 10.5 Å². The Kier molecular flexibility index (Phi) is 3.06. The molecule has 2 aromatic rings. The number of hydrogen-bond acceptors (Lipinski definition) is 4. The molecule has 0 fully saturated rings. The van der Waals surface area contributed by atoms with Crippen LogP contribution in [0.5, 0.6) is 5.88 Å². The van der Waals surface area contributed by atoms with Gasteiger partial charge in [-0.1, -0.05) is 30.3 Å². The summed E-state index contributed by atoms with van der Waals surface area (Å²) in [6, 6.07) is 9.78. The Balaban J connectivity index is 2.51. The molecule has 0 saturated heterocycles. The highest BCUT2D eigenvalue weighted by molar-refractivity contribution is 5.37. The minimum absolute atomic E-state index is 0.460. The summed E-state index contributed by atoms with van der Waals surface area (Å²) in [6.07, 6.45) is 3.20. The van der Waals surface area contributed by atoms with Crippen molar-refractivity contribution in [3.05, 3.63) is 54.0 Å². The van der Waals surface area contributed by atoms with Crippen LogP contribution in [0.2, 0.25) is 0 Å². The molecule has 1 atom stereocenters. The molecule has 0 saturated carbocycles. The standard InChI is InChI=1S/C13H15N3O/c1-13(14,10-6-4-3-5-7-10)11-12(17-2)16-9-8-15-11/h3-9H,14H2,1-2H3. The van der Waals surface area contributed by atoms with Gasteiger partial charge in [0.15, 0.2) is 0 Å². The molecule has 0 spiro atoms. The van der Waals surface area contributed by atoms with Crippen LogP contribution in [-0.4, -0.2) is 17.1 Å². The molecule has 88 valence electrons. The fourth-order valence-corrected chi connectivity index (χ4v) is 1.75. The van der Waals surface area contributed by atoms with Gasteiger partial charge >= 0.3 is 0 Å². The average molecular weight is 229 g/mol. The first-order chi connectivity index (χ1) is 8.16. The van der Waals surface area contributed by atoms with E-state index in [1.165, 1.54) is 0 Å². The summed E-state index contributed by atoms with van der Waals surface area (Å²) >= 11 is 0. The van der Waals surface area contributed by atoms with Gasteiger partial charge in [-0.15, -0.1) is 0 Å². The van der Waals surface area contributed by atoms with Crippen molar-refractivity contribution in [2.24, 2.45) is 5.73 Å². The zero-order valence-electron chi connectivity index (χ0n) is 9.92. The number of nitrogens with two attached hydrogens (primary N) is 1. The molecule has 0 radical (unpaired) electrons. The molecule has 0 amide bonds. The molecule has 2 N–H and O–H groups in total. The van der Waals surface area contributed by atoms with Gasteiger partial charge in [-0.2, -0.15) is 0 Å². The van der Waals surface area contributed by atoms with Gasteiger partial charge in [0, 0.05) is 12.4 Å². The lowest BCUT2D eigenvalue weighted by molar-refractivity contribution is 0.376. The second-order valence-corrected chi connectivity index (χ2v) is 3.98. The number of nitrogens with zero attached hydrogens (tertiary/aromatic N) is 2. The summed E-state index contributed by atoms with van der Waals surface area (Å²) in [5.41, 5.74) is 7.24. The number of benzene rings is 1. The number of aromatic nitrogens is 2. The Morgan fingerprint density at radius 2 is 1.76 bits per heavy atom. The molecule has 1 heterocycles. The van der Waals surface area contributed by atoms with Crippen molar-refractivity contribution in [1.29, 1.82) is 0 Å². The van der Waals surface area contributed by atoms with Crippen LogP contribution in [0.25, 0.3) is 0 Å². The van der Waals surface area contributed by atoms with Crippen LogP contribution >= 0.6 is 0 Å². The fourth-order valence-electron chi connectivity index (χ4n) is 1.75. The van der Waals surface area contributed by atoms with E-state index in [1.54, 1.807) is 19.5 Å². The molecular formula is C13H15N3O. The lowest BCUT2D eigenvalue weighted by Gasteiger charge is -2.25. The van der Waals surface area contributed by atoms with Gasteiger partial charge in [-0.3, -0.25) is 4.98 Å². The van der Waals surface area contributed by atoms with Crippen LogP contribution in [0.4, 0.5) is 0 Å². The molecule has 0 aliphatic carbocycles. The first-order valence-corrected chi connectivity index (χ1v) is 5.36. The van der Waals surface area contributed by atoms with E-state index in [9.17, 15) is 0 Å². The highest BCUT2D eigenvalue weighted by atomic mass is 16.5. The molecule has 2 rings (SSSR count). The third-order valence-corrected chi connectivity index (χ3v) is 2.72. The van der Waals surface area contributed by atoms with Crippen LogP contribution in [0.15, 0.2) is 42.7 Å². The third kappa shape index (κ3) is 2.12. The molecule has 4 heteroatoms. The molecule has 17 heavy (non-hydrogen) atoms. The lowest BCUT2D eigenvalue weighted by Crippen LogP contribution is -2.35. The van der Waals surface area contributed by atoms with Crippen molar-refractivity contribution in [2.75, 3.05) is 7.11 Å². The van der Waals surface area contributed by atoms with Crippen molar-refractivity contribution in [2.45, 2.75) is 12.5 Å². The van der Waals surface area contributed by atoms with Crippen LogP contribution in [-0.2, 0) is 5.54 Å². The SMILES string of the molecule is COc1nccnc1C(C)(N)c1ccccc1. The Morgan fingerprint density at radius 3 is 2.41 bits per heavy atom. The smallest absolute Gasteiger partial charge is 0.237 e. The molecule has 1 aromatic heterocycles. The van der Waals surface area contributed by atoms with Crippen molar-refractivity contribution in [3.63, 3.8) is 0 Å². The van der Waals surface area contributed by atoms with Crippen molar-refractivity contribution in [1.82, 2.24) is 9.97 Å². The van der Waals surface area contributed by atoms with Gasteiger partial charge in [0.2, 0.25) is 5.88 Å². The summed E-state index contributed by atoms with van der Waals surface area (Å²) in [5.74, 6) is 0.460. The number of rotatable bonds is 3. The van der Waals surface area contributed by atoms with Crippen molar-refractivity contribution >= 4 is 0 Å². The molecule has 0 aliphatic rings. The van der Waals surface area contributed by atoms with Gasteiger partial charge < -0.3 is 10.5 Å². The Hall–Kier alpha value is -1.94. The average Bonchev–Trinajstić information content (AvgIpc) is 2.39. The number of methoxy groups -OCH3 is 1. The summed E-state index contributed by atoms with van der Waals surface area (Å²) in [6.45, 7) is 1.90. The maximum atomic E-state index is 6.35. The Morgan fingerprint density at radius 1 is 1.12 bits per heavy atom.